The quantitative estimate of drug-likeness (QED) is 0.840. The summed E-state index contributed by atoms with van der Waals surface area (Å²) in [5.41, 5.74) is 0. The third-order valence-corrected chi connectivity index (χ3v) is 4.16. The van der Waals surface area contributed by atoms with Gasteiger partial charge in [-0.3, -0.25) is 4.79 Å². The lowest BCUT2D eigenvalue weighted by atomic mass is 9.93. The monoisotopic (exact) mass is 294 g/mol. The van der Waals surface area contributed by atoms with Crippen molar-refractivity contribution in [1.82, 2.24) is 10.2 Å². The zero-order chi connectivity index (χ0) is 14.8. The Morgan fingerprint density at radius 2 is 2.15 bits per heavy atom. The van der Waals surface area contributed by atoms with Crippen molar-refractivity contribution in [2.45, 2.75) is 44.4 Å². The van der Waals surface area contributed by atoms with Crippen LogP contribution in [-0.2, 0) is 9.53 Å². The fraction of sp³-hybridized carbons (Fsp3) is 0.923. The van der Waals surface area contributed by atoms with Crippen molar-refractivity contribution in [3.63, 3.8) is 0 Å². The van der Waals surface area contributed by atoms with Gasteiger partial charge in [-0.15, -0.1) is 0 Å². The van der Waals surface area contributed by atoms with Gasteiger partial charge in [0.25, 0.3) is 0 Å². The number of rotatable bonds is 2. The van der Waals surface area contributed by atoms with E-state index in [0.717, 1.165) is 6.42 Å². The van der Waals surface area contributed by atoms with Crippen molar-refractivity contribution in [2.24, 2.45) is 5.92 Å². The molecule has 2 saturated heterocycles. The molecule has 1 N–H and O–H groups in total. The lowest BCUT2D eigenvalue weighted by molar-refractivity contribution is -0.181. The summed E-state index contributed by atoms with van der Waals surface area (Å²) in [6, 6.07) is -0.445. The first-order chi connectivity index (χ1) is 9.43. The molecule has 116 valence electrons. The van der Waals surface area contributed by atoms with Gasteiger partial charge in [-0.2, -0.15) is 13.2 Å². The van der Waals surface area contributed by atoms with Gasteiger partial charge in [0.2, 0.25) is 5.91 Å². The van der Waals surface area contributed by atoms with E-state index in [-0.39, 0.29) is 31.3 Å². The lowest BCUT2D eigenvalue weighted by Gasteiger charge is -2.39. The molecule has 1 amide bonds. The van der Waals surface area contributed by atoms with Crippen LogP contribution in [0, 0.1) is 5.92 Å². The average molecular weight is 294 g/mol. The molecule has 0 spiro atoms. The molecule has 0 aromatic heterocycles. The Kier molecular flexibility index (Phi) is 4.90. The minimum atomic E-state index is -4.17. The number of carbonyl (C=O) groups excluding carboxylic acids is 1. The Labute approximate surface area is 116 Å². The van der Waals surface area contributed by atoms with Crippen LogP contribution < -0.4 is 5.32 Å². The number of alkyl halides is 3. The van der Waals surface area contributed by atoms with E-state index in [0.29, 0.717) is 19.8 Å². The highest BCUT2D eigenvalue weighted by atomic mass is 19.4. The van der Waals surface area contributed by atoms with Crippen molar-refractivity contribution < 1.29 is 22.7 Å². The fourth-order valence-electron chi connectivity index (χ4n) is 2.83. The van der Waals surface area contributed by atoms with Crippen LogP contribution in [0.1, 0.15) is 26.2 Å². The van der Waals surface area contributed by atoms with Crippen LogP contribution in [0.15, 0.2) is 0 Å². The minimum absolute atomic E-state index is 0.0219. The summed E-state index contributed by atoms with van der Waals surface area (Å²) in [4.78, 5) is 14.2. The predicted octanol–water partition coefficient (Wildman–Crippen LogP) is 1.55. The summed E-state index contributed by atoms with van der Waals surface area (Å²) >= 11 is 0. The summed E-state index contributed by atoms with van der Waals surface area (Å²) < 4.78 is 43.1. The highest BCUT2D eigenvalue weighted by Gasteiger charge is 2.43. The number of nitrogens with one attached hydrogen (secondary N) is 1. The number of nitrogens with zero attached hydrogens (tertiary/aromatic N) is 1. The average Bonchev–Trinajstić information content (AvgIpc) is 2.45. The summed E-state index contributed by atoms with van der Waals surface area (Å²) in [7, 11) is 0. The van der Waals surface area contributed by atoms with Gasteiger partial charge >= 0.3 is 6.18 Å². The van der Waals surface area contributed by atoms with E-state index in [4.69, 9.17) is 4.74 Å². The molecule has 2 heterocycles. The van der Waals surface area contributed by atoms with Gasteiger partial charge in [-0.1, -0.05) is 6.92 Å². The van der Waals surface area contributed by atoms with Crippen LogP contribution in [-0.4, -0.2) is 55.4 Å². The van der Waals surface area contributed by atoms with Crippen molar-refractivity contribution in [3.05, 3.63) is 0 Å². The highest BCUT2D eigenvalue weighted by molar-refractivity contribution is 5.82. The highest BCUT2D eigenvalue weighted by Crippen LogP contribution is 2.32. The molecule has 0 aromatic carbocycles. The molecule has 0 aromatic rings. The first-order valence-corrected chi connectivity index (χ1v) is 7.11. The second-order valence-corrected chi connectivity index (χ2v) is 5.45. The molecule has 0 radical (unpaired) electrons. The molecular formula is C13H21F3N2O2. The zero-order valence-corrected chi connectivity index (χ0v) is 11.6. The molecule has 2 rings (SSSR count). The molecule has 2 aliphatic rings. The van der Waals surface area contributed by atoms with Gasteiger partial charge in [-0.25, -0.2) is 0 Å². The van der Waals surface area contributed by atoms with Gasteiger partial charge in [0, 0.05) is 13.1 Å². The number of ether oxygens (including phenoxy) is 1. The lowest BCUT2D eigenvalue weighted by Crippen LogP contribution is -2.57. The number of halogens is 3. The van der Waals surface area contributed by atoms with Crippen LogP contribution in [0.2, 0.25) is 0 Å². The van der Waals surface area contributed by atoms with E-state index in [1.807, 2.05) is 6.92 Å². The number of amides is 1. The van der Waals surface area contributed by atoms with Gasteiger partial charge in [0.05, 0.1) is 31.2 Å². The van der Waals surface area contributed by atoms with Crippen LogP contribution >= 0.6 is 0 Å². The standard InChI is InChI=1S/C13H21F3N2O2/c1-2-10-8-20-6-5-18(10)12(19)11-4-3-9(7-17-11)13(14,15)16/h9-11,17H,2-8H2,1H3. The third-order valence-electron chi connectivity index (χ3n) is 4.16. The van der Waals surface area contributed by atoms with Crippen LogP contribution in [0.25, 0.3) is 0 Å². The molecule has 0 aliphatic carbocycles. The SMILES string of the molecule is CCC1COCCN1C(=O)C1CCC(C(F)(F)F)CN1. The number of morpholine rings is 1. The topological polar surface area (TPSA) is 41.6 Å². The Morgan fingerprint density at radius 3 is 2.70 bits per heavy atom. The second kappa shape index (κ2) is 6.30. The van der Waals surface area contributed by atoms with Gasteiger partial charge in [0.15, 0.2) is 0 Å². The number of carbonyl (C=O) groups is 1. The summed E-state index contributed by atoms with van der Waals surface area (Å²) in [5, 5.41) is 2.77. The number of hydrogen-bond acceptors (Lipinski definition) is 3. The van der Waals surface area contributed by atoms with Gasteiger partial charge in [0.1, 0.15) is 0 Å². The van der Waals surface area contributed by atoms with E-state index in [2.05, 4.69) is 5.32 Å². The molecule has 3 unspecified atom stereocenters. The van der Waals surface area contributed by atoms with E-state index in [9.17, 15) is 18.0 Å². The van der Waals surface area contributed by atoms with Crippen LogP contribution in [0.5, 0.6) is 0 Å². The molecule has 2 aliphatic heterocycles. The number of hydrogen-bond donors (Lipinski definition) is 1. The number of piperidine rings is 1. The van der Waals surface area contributed by atoms with Gasteiger partial charge < -0.3 is 15.0 Å². The fourth-order valence-corrected chi connectivity index (χ4v) is 2.83. The summed E-state index contributed by atoms with van der Waals surface area (Å²) in [5.74, 6) is -1.42. The predicted molar refractivity (Wildman–Crippen MR) is 67.2 cm³/mol. The summed E-state index contributed by atoms with van der Waals surface area (Å²) in [6.07, 6.45) is -3.11. The molecule has 3 atom stereocenters. The first kappa shape index (κ1) is 15.6. The van der Waals surface area contributed by atoms with E-state index in [1.54, 1.807) is 4.90 Å². The Hall–Kier alpha value is -0.820. The Bertz CT molecular complexity index is 341. The third kappa shape index (κ3) is 3.44. The first-order valence-electron chi connectivity index (χ1n) is 7.11. The Morgan fingerprint density at radius 1 is 1.40 bits per heavy atom. The van der Waals surface area contributed by atoms with Crippen molar-refractivity contribution in [3.8, 4) is 0 Å². The van der Waals surface area contributed by atoms with E-state index >= 15 is 0 Å². The molecule has 0 bridgehead atoms. The van der Waals surface area contributed by atoms with Crippen LogP contribution in [0.3, 0.4) is 0 Å². The van der Waals surface area contributed by atoms with Crippen molar-refractivity contribution >= 4 is 5.91 Å². The molecule has 2 fully saturated rings. The zero-order valence-electron chi connectivity index (χ0n) is 11.6. The Balaban J connectivity index is 1.91. The molecule has 0 saturated carbocycles. The normalized spacial score (nSPS) is 32.2. The van der Waals surface area contributed by atoms with Gasteiger partial charge in [-0.05, 0) is 19.3 Å². The molecule has 4 nitrogen and oxygen atoms in total. The molecule has 7 heteroatoms. The maximum atomic E-state index is 12.6. The second-order valence-electron chi connectivity index (χ2n) is 5.45. The maximum absolute atomic E-state index is 12.6. The maximum Gasteiger partial charge on any atom is 0.393 e. The molecular weight excluding hydrogens is 273 g/mol. The van der Waals surface area contributed by atoms with E-state index in [1.165, 1.54) is 0 Å². The van der Waals surface area contributed by atoms with Crippen molar-refractivity contribution in [2.75, 3.05) is 26.3 Å². The smallest absolute Gasteiger partial charge is 0.377 e. The largest absolute Gasteiger partial charge is 0.393 e. The molecule has 20 heavy (non-hydrogen) atoms. The minimum Gasteiger partial charge on any atom is -0.377 e. The van der Waals surface area contributed by atoms with E-state index < -0.39 is 18.1 Å². The van der Waals surface area contributed by atoms with Crippen molar-refractivity contribution in [1.29, 1.82) is 0 Å². The summed E-state index contributed by atoms with van der Waals surface area (Å²) in [6.45, 7) is 3.35. The van der Waals surface area contributed by atoms with Crippen LogP contribution in [0.4, 0.5) is 13.2 Å².